The number of benzene rings is 2. The van der Waals surface area contributed by atoms with E-state index in [1.165, 1.54) is 16.0 Å². The van der Waals surface area contributed by atoms with Crippen LogP contribution in [0.3, 0.4) is 0 Å². The lowest BCUT2D eigenvalue weighted by atomic mass is 9.87. The van der Waals surface area contributed by atoms with Crippen LogP contribution < -0.4 is 5.32 Å². The van der Waals surface area contributed by atoms with E-state index < -0.39 is 0 Å². The molecule has 118 valence electrons. The quantitative estimate of drug-likeness (QED) is 0.897. The third-order valence-corrected chi connectivity index (χ3v) is 6.34. The van der Waals surface area contributed by atoms with Gasteiger partial charge in [-0.3, -0.25) is 4.79 Å². The van der Waals surface area contributed by atoms with E-state index in [-0.39, 0.29) is 16.7 Å². The lowest BCUT2D eigenvalue weighted by molar-refractivity contribution is -0.122. The van der Waals surface area contributed by atoms with Crippen LogP contribution in [0, 0.1) is 0 Å². The second kappa shape index (κ2) is 6.04. The first-order chi connectivity index (χ1) is 11.3. The highest BCUT2D eigenvalue weighted by atomic mass is 32.2. The van der Waals surface area contributed by atoms with Crippen molar-refractivity contribution >= 4 is 17.7 Å². The van der Waals surface area contributed by atoms with Crippen molar-refractivity contribution in [2.45, 2.75) is 47.8 Å². The van der Waals surface area contributed by atoms with Crippen LogP contribution in [-0.4, -0.2) is 10.7 Å². The molecule has 4 rings (SSSR count). The zero-order valence-corrected chi connectivity index (χ0v) is 13.9. The van der Waals surface area contributed by atoms with Crippen LogP contribution in [0.2, 0.25) is 0 Å². The molecule has 2 aromatic carbocycles. The second-order valence-electron chi connectivity index (χ2n) is 6.53. The number of nitrogens with one attached hydrogen (secondary N) is 1. The summed E-state index contributed by atoms with van der Waals surface area (Å²) in [4.78, 5) is 14.1. The van der Waals surface area contributed by atoms with Crippen LogP contribution in [0.15, 0.2) is 59.5 Å². The number of thioether (sulfide) groups is 1. The molecule has 3 heteroatoms. The summed E-state index contributed by atoms with van der Waals surface area (Å²) in [6, 6.07) is 19.0. The molecule has 0 radical (unpaired) electrons. The predicted molar refractivity (Wildman–Crippen MR) is 94.5 cm³/mol. The van der Waals surface area contributed by atoms with Crippen molar-refractivity contribution in [2.24, 2.45) is 0 Å². The Morgan fingerprint density at radius 1 is 1.04 bits per heavy atom. The lowest BCUT2D eigenvalue weighted by Crippen LogP contribution is -2.38. The van der Waals surface area contributed by atoms with Gasteiger partial charge in [-0.05, 0) is 55.4 Å². The van der Waals surface area contributed by atoms with E-state index in [0.29, 0.717) is 0 Å². The highest BCUT2D eigenvalue weighted by molar-refractivity contribution is 8.01. The summed E-state index contributed by atoms with van der Waals surface area (Å²) in [7, 11) is 0. The number of fused-ring (bicyclic) bond motifs is 1. The Bertz CT molecular complexity index is 709. The average molecular weight is 323 g/mol. The standard InChI is InChI=1S/C20H21NOS/c22-19(20(13-14-20)23-16-9-2-1-3-10-16)21-18-12-6-8-15-7-4-5-11-17(15)18/h1-5,7,9-11,18H,6,8,12-14H2,(H,21,22)/t18-/m1/s1. The minimum absolute atomic E-state index is 0.182. The van der Waals surface area contributed by atoms with Gasteiger partial charge >= 0.3 is 0 Å². The van der Waals surface area contributed by atoms with Crippen LogP contribution in [0.1, 0.15) is 42.9 Å². The zero-order chi connectivity index (χ0) is 15.7. The molecule has 0 heterocycles. The zero-order valence-electron chi connectivity index (χ0n) is 13.1. The molecule has 0 aliphatic heterocycles. The highest BCUT2D eigenvalue weighted by Gasteiger charge is 2.51. The molecule has 1 atom stereocenters. The van der Waals surface area contributed by atoms with Gasteiger partial charge in [0, 0.05) is 4.90 Å². The summed E-state index contributed by atoms with van der Waals surface area (Å²) in [5.41, 5.74) is 2.71. The molecule has 0 bridgehead atoms. The first-order valence-corrected chi connectivity index (χ1v) is 9.21. The van der Waals surface area contributed by atoms with Crippen LogP contribution in [0.5, 0.6) is 0 Å². The first kappa shape index (κ1) is 14.8. The molecule has 0 aromatic heterocycles. The summed E-state index contributed by atoms with van der Waals surface area (Å²) in [6.45, 7) is 0. The van der Waals surface area contributed by atoms with Crippen LogP contribution >= 0.6 is 11.8 Å². The number of carbonyl (C=O) groups is 1. The maximum Gasteiger partial charge on any atom is 0.237 e. The van der Waals surface area contributed by atoms with Gasteiger partial charge in [-0.25, -0.2) is 0 Å². The molecule has 1 fully saturated rings. The molecule has 1 saturated carbocycles. The Morgan fingerprint density at radius 3 is 2.57 bits per heavy atom. The third-order valence-electron chi connectivity index (χ3n) is 4.85. The Labute approximate surface area is 141 Å². The fourth-order valence-electron chi connectivity index (χ4n) is 3.40. The van der Waals surface area contributed by atoms with Crippen LogP contribution in [0.4, 0.5) is 0 Å². The summed E-state index contributed by atoms with van der Waals surface area (Å²) in [5.74, 6) is 0.216. The molecule has 0 unspecified atom stereocenters. The van der Waals surface area contributed by atoms with Gasteiger partial charge in [-0.15, -0.1) is 11.8 Å². The normalized spacial score (nSPS) is 21.3. The Hall–Kier alpha value is -1.74. The van der Waals surface area contributed by atoms with Crippen molar-refractivity contribution in [1.29, 1.82) is 0 Å². The van der Waals surface area contributed by atoms with Crippen molar-refractivity contribution in [1.82, 2.24) is 5.32 Å². The summed E-state index contributed by atoms with van der Waals surface area (Å²) < 4.78 is -0.242. The second-order valence-corrected chi connectivity index (χ2v) is 7.98. The number of hydrogen-bond acceptors (Lipinski definition) is 2. The smallest absolute Gasteiger partial charge is 0.237 e. The molecule has 0 spiro atoms. The molecule has 23 heavy (non-hydrogen) atoms. The van der Waals surface area contributed by atoms with Gasteiger partial charge in [-0.2, -0.15) is 0 Å². The Balaban J connectivity index is 1.48. The van der Waals surface area contributed by atoms with Gasteiger partial charge in [0.1, 0.15) is 0 Å². The van der Waals surface area contributed by atoms with Crippen molar-refractivity contribution < 1.29 is 4.79 Å². The van der Waals surface area contributed by atoms with Gasteiger partial charge in [0.2, 0.25) is 5.91 Å². The maximum absolute atomic E-state index is 12.9. The van der Waals surface area contributed by atoms with E-state index >= 15 is 0 Å². The van der Waals surface area contributed by atoms with Crippen molar-refractivity contribution in [3.63, 3.8) is 0 Å². The molecular weight excluding hydrogens is 302 g/mol. The number of hydrogen-bond donors (Lipinski definition) is 1. The first-order valence-electron chi connectivity index (χ1n) is 8.40. The van der Waals surface area contributed by atoms with Gasteiger partial charge in [0.15, 0.2) is 0 Å². The minimum Gasteiger partial charge on any atom is -0.348 e. The van der Waals surface area contributed by atoms with Gasteiger partial charge in [0.25, 0.3) is 0 Å². The third kappa shape index (κ3) is 3.02. The summed E-state index contributed by atoms with van der Waals surface area (Å²) in [6.07, 6.45) is 5.29. The summed E-state index contributed by atoms with van der Waals surface area (Å²) >= 11 is 1.72. The molecule has 1 amide bonds. The van der Waals surface area contributed by atoms with Crippen molar-refractivity contribution in [3.05, 3.63) is 65.7 Å². The van der Waals surface area contributed by atoms with Crippen LogP contribution in [-0.2, 0) is 11.2 Å². The largest absolute Gasteiger partial charge is 0.348 e. The molecule has 1 N–H and O–H groups in total. The monoisotopic (exact) mass is 323 g/mol. The fourth-order valence-corrected chi connectivity index (χ4v) is 4.60. The van der Waals surface area contributed by atoms with Gasteiger partial charge in [-0.1, -0.05) is 42.5 Å². The molecule has 2 aromatic rings. The maximum atomic E-state index is 12.9. The predicted octanol–water partition coefficient (Wildman–Crippen LogP) is 4.51. The van der Waals surface area contributed by atoms with Gasteiger partial charge < -0.3 is 5.32 Å². The van der Waals surface area contributed by atoms with E-state index in [0.717, 1.165) is 32.1 Å². The number of carbonyl (C=O) groups excluding carboxylic acids is 1. The Kier molecular flexibility index (Phi) is 3.90. The molecule has 0 saturated heterocycles. The van der Waals surface area contributed by atoms with E-state index in [1.807, 2.05) is 18.2 Å². The average Bonchev–Trinajstić information content (AvgIpc) is 3.37. The van der Waals surface area contributed by atoms with E-state index in [9.17, 15) is 4.79 Å². The fraction of sp³-hybridized carbons (Fsp3) is 0.350. The van der Waals surface area contributed by atoms with Crippen LogP contribution in [0.25, 0.3) is 0 Å². The molecule has 2 nitrogen and oxygen atoms in total. The lowest BCUT2D eigenvalue weighted by Gasteiger charge is -2.28. The topological polar surface area (TPSA) is 29.1 Å². The van der Waals surface area contributed by atoms with E-state index in [2.05, 4.69) is 41.7 Å². The van der Waals surface area contributed by atoms with Crippen molar-refractivity contribution in [3.8, 4) is 0 Å². The Morgan fingerprint density at radius 2 is 1.78 bits per heavy atom. The molecule has 2 aliphatic carbocycles. The number of aryl methyl sites for hydroxylation is 1. The summed E-state index contributed by atoms with van der Waals surface area (Å²) in [5, 5.41) is 3.34. The molecule has 2 aliphatic rings. The number of rotatable bonds is 4. The van der Waals surface area contributed by atoms with Crippen molar-refractivity contribution in [2.75, 3.05) is 0 Å². The SMILES string of the molecule is O=C(N[C@@H]1CCCc2ccccc21)C1(Sc2ccccc2)CC1. The van der Waals surface area contributed by atoms with Gasteiger partial charge in [0.05, 0.1) is 10.8 Å². The number of amides is 1. The minimum atomic E-state index is -0.242. The molecular formula is C20H21NOS. The van der Waals surface area contributed by atoms with E-state index in [4.69, 9.17) is 0 Å². The van der Waals surface area contributed by atoms with E-state index in [1.54, 1.807) is 11.8 Å². The highest BCUT2D eigenvalue weighted by Crippen LogP contribution is 2.52.